The molecule has 0 amide bonds. The van der Waals surface area contributed by atoms with Crippen molar-refractivity contribution in [1.29, 1.82) is 0 Å². The first-order chi connectivity index (χ1) is 5.61. The van der Waals surface area contributed by atoms with E-state index >= 15 is 0 Å². The Morgan fingerprint density at radius 2 is 2.17 bits per heavy atom. The minimum atomic E-state index is -0.912. The molecule has 0 spiro atoms. The molecule has 1 heterocycles. The van der Waals surface area contributed by atoms with Crippen molar-refractivity contribution in [3.8, 4) is 0 Å². The Balaban J connectivity index is 2.46. The molecule has 3 nitrogen and oxygen atoms in total. The minimum absolute atomic E-state index is 0.697. The van der Waals surface area contributed by atoms with Crippen LogP contribution in [0.2, 0.25) is 0 Å². The lowest BCUT2D eigenvalue weighted by atomic mass is 10.0. The molecule has 0 aromatic heterocycles. The summed E-state index contributed by atoms with van der Waals surface area (Å²) in [6.45, 7) is 4.18. The van der Waals surface area contributed by atoms with E-state index in [4.69, 9.17) is 0 Å². The molecule has 1 fully saturated rings. The van der Waals surface area contributed by atoms with Crippen LogP contribution >= 0.6 is 0 Å². The van der Waals surface area contributed by atoms with Crippen LogP contribution in [0.1, 0.15) is 19.8 Å². The van der Waals surface area contributed by atoms with Crippen LogP contribution in [0.25, 0.3) is 0 Å². The first-order valence-electron chi connectivity index (χ1n) is 4.45. The summed E-state index contributed by atoms with van der Waals surface area (Å²) in [6.07, 6.45) is 2.46. The van der Waals surface area contributed by atoms with Gasteiger partial charge in [-0.1, -0.05) is 6.92 Å². The summed E-state index contributed by atoms with van der Waals surface area (Å²) in [5, 5.41) is 0. The van der Waals surface area contributed by atoms with E-state index in [0.29, 0.717) is 5.92 Å². The highest BCUT2D eigenvalue weighted by molar-refractivity contribution is 7.80. The van der Waals surface area contributed by atoms with Crippen molar-refractivity contribution in [1.82, 2.24) is 8.61 Å². The Labute approximate surface area is 77.5 Å². The lowest BCUT2D eigenvalue weighted by molar-refractivity contribution is 0.284. The maximum absolute atomic E-state index is 11.6. The predicted molar refractivity (Wildman–Crippen MR) is 51.8 cm³/mol. The third-order valence-electron chi connectivity index (χ3n) is 2.15. The Kier molecular flexibility index (Phi) is 3.68. The number of hydrogen-bond acceptors (Lipinski definition) is 1. The molecule has 0 saturated carbocycles. The first-order valence-corrected chi connectivity index (χ1v) is 5.52. The molecule has 2 unspecified atom stereocenters. The molecule has 0 radical (unpaired) electrons. The van der Waals surface area contributed by atoms with Crippen molar-refractivity contribution >= 4 is 11.2 Å². The lowest BCUT2D eigenvalue weighted by Crippen LogP contribution is -2.40. The van der Waals surface area contributed by atoms with Gasteiger partial charge in [0.25, 0.3) is 0 Å². The van der Waals surface area contributed by atoms with Gasteiger partial charge in [-0.15, -0.1) is 0 Å². The fourth-order valence-electron chi connectivity index (χ4n) is 1.52. The zero-order valence-electron chi connectivity index (χ0n) is 8.12. The fourth-order valence-corrected chi connectivity index (χ4v) is 2.65. The molecule has 0 N–H and O–H groups in total. The van der Waals surface area contributed by atoms with Crippen LogP contribution in [0.5, 0.6) is 0 Å². The Hall–Kier alpha value is 0.0700. The van der Waals surface area contributed by atoms with Gasteiger partial charge in [0.1, 0.15) is 0 Å². The van der Waals surface area contributed by atoms with E-state index in [1.807, 2.05) is 18.4 Å². The van der Waals surface area contributed by atoms with Gasteiger partial charge in [0, 0.05) is 27.2 Å². The SMILES string of the molecule is CC1CCCN(S(=O)N(C)C)C1. The van der Waals surface area contributed by atoms with Crippen LogP contribution in [-0.4, -0.2) is 40.0 Å². The normalized spacial score (nSPS) is 29.2. The van der Waals surface area contributed by atoms with Crippen molar-refractivity contribution in [3.05, 3.63) is 0 Å². The third kappa shape index (κ3) is 2.54. The highest BCUT2D eigenvalue weighted by Crippen LogP contribution is 2.17. The van der Waals surface area contributed by atoms with E-state index in [9.17, 15) is 4.21 Å². The third-order valence-corrected chi connectivity index (χ3v) is 3.55. The van der Waals surface area contributed by atoms with Crippen molar-refractivity contribution in [2.45, 2.75) is 19.8 Å². The van der Waals surface area contributed by atoms with Crippen molar-refractivity contribution in [3.63, 3.8) is 0 Å². The average molecular weight is 190 g/mol. The second kappa shape index (κ2) is 4.35. The maximum atomic E-state index is 11.6. The monoisotopic (exact) mass is 190 g/mol. The van der Waals surface area contributed by atoms with Gasteiger partial charge in [-0.3, -0.25) is 0 Å². The van der Waals surface area contributed by atoms with E-state index in [0.717, 1.165) is 13.1 Å². The molecule has 0 aliphatic carbocycles. The summed E-state index contributed by atoms with van der Waals surface area (Å²) in [7, 11) is 3.71. The molecule has 1 aliphatic rings. The molecule has 1 aliphatic heterocycles. The summed E-state index contributed by atoms with van der Waals surface area (Å²) in [5.74, 6) is 0.697. The molecule has 1 rings (SSSR count). The van der Waals surface area contributed by atoms with E-state index < -0.39 is 11.2 Å². The lowest BCUT2D eigenvalue weighted by Gasteiger charge is -2.31. The van der Waals surface area contributed by atoms with Crippen LogP contribution in [0.4, 0.5) is 0 Å². The second-order valence-corrected chi connectivity index (χ2v) is 5.39. The predicted octanol–water partition coefficient (Wildman–Crippen LogP) is 0.859. The van der Waals surface area contributed by atoms with E-state index in [1.165, 1.54) is 12.8 Å². The topological polar surface area (TPSA) is 23.6 Å². The Morgan fingerprint density at radius 3 is 2.67 bits per heavy atom. The molecule has 0 aromatic rings. The average Bonchev–Trinajstić information content (AvgIpc) is 2.03. The Bertz CT molecular complexity index is 172. The molecule has 12 heavy (non-hydrogen) atoms. The summed E-state index contributed by atoms with van der Waals surface area (Å²) < 4.78 is 15.4. The van der Waals surface area contributed by atoms with E-state index in [1.54, 1.807) is 4.31 Å². The van der Waals surface area contributed by atoms with Gasteiger partial charge in [-0.05, 0) is 18.8 Å². The van der Waals surface area contributed by atoms with Crippen LogP contribution < -0.4 is 0 Å². The maximum Gasteiger partial charge on any atom is 0.172 e. The highest BCUT2D eigenvalue weighted by atomic mass is 32.2. The van der Waals surface area contributed by atoms with E-state index in [2.05, 4.69) is 6.92 Å². The van der Waals surface area contributed by atoms with E-state index in [-0.39, 0.29) is 0 Å². The summed E-state index contributed by atoms with van der Waals surface area (Å²) in [6, 6.07) is 0. The van der Waals surface area contributed by atoms with Gasteiger partial charge in [0.2, 0.25) is 0 Å². The largest absolute Gasteiger partial charge is 0.225 e. The van der Waals surface area contributed by atoms with Gasteiger partial charge in [0.15, 0.2) is 11.2 Å². The first kappa shape index (κ1) is 10.2. The van der Waals surface area contributed by atoms with Gasteiger partial charge < -0.3 is 0 Å². The number of hydrogen-bond donors (Lipinski definition) is 0. The molecular formula is C8H18N2OS. The van der Waals surface area contributed by atoms with Gasteiger partial charge in [-0.25, -0.2) is 12.8 Å². The molecule has 0 bridgehead atoms. The number of nitrogens with zero attached hydrogens (tertiary/aromatic N) is 2. The zero-order valence-corrected chi connectivity index (χ0v) is 8.93. The molecule has 72 valence electrons. The number of piperidine rings is 1. The highest BCUT2D eigenvalue weighted by Gasteiger charge is 2.21. The van der Waals surface area contributed by atoms with Gasteiger partial charge in [0.05, 0.1) is 0 Å². The summed E-state index contributed by atoms with van der Waals surface area (Å²) in [5.41, 5.74) is 0. The smallest absolute Gasteiger partial charge is 0.172 e. The van der Waals surface area contributed by atoms with Crippen LogP contribution in [0.3, 0.4) is 0 Å². The van der Waals surface area contributed by atoms with Gasteiger partial charge >= 0.3 is 0 Å². The van der Waals surface area contributed by atoms with Crippen LogP contribution in [0, 0.1) is 5.92 Å². The molecule has 4 heteroatoms. The fraction of sp³-hybridized carbons (Fsp3) is 1.00. The molecule has 1 saturated heterocycles. The second-order valence-electron chi connectivity index (χ2n) is 3.68. The van der Waals surface area contributed by atoms with Crippen molar-refractivity contribution in [2.75, 3.05) is 27.2 Å². The van der Waals surface area contributed by atoms with Crippen LogP contribution in [0.15, 0.2) is 0 Å². The standard InChI is InChI=1S/C8H18N2OS/c1-8-5-4-6-10(7-8)12(11)9(2)3/h8H,4-7H2,1-3H3. The minimum Gasteiger partial charge on any atom is -0.225 e. The summed E-state index contributed by atoms with van der Waals surface area (Å²) in [4.78, 5) is 0. The van der Waals surface area contributed by atoms with Gasteiger partial charge in [-0.2, -0.15) is 0 Å². The zero-order chi connectivity index (χ0) is 9.14. The quantitative estimate of drug-likeness (QED) is 0.633. The molecule has 2 atom stereocenters. The number of rotatable bonds is 2. The molecular weight excluding hydrogens is 172 g/mol. The van der Waals surface area contributed by atoms with Crippen LogP contribution in [-0.2, 0) is 11.2 Å². The molecule has 0 aromatic carbocycles. The van der Waals surface area contributed by atoms with Crippen molar-refractivity contribution in [2.24, 2.45) is 5.92 Å². The Morgan fingerprint density at radius 1 is 1.50 bits per heavy atom. The van der Waals surface area contributed by atoms with Crippen molar-refractivity contribution < 1.29 is 4.21 Å². The summed E-state index contributed by atoms with van der Waals surface area (Å²) >= 11 is -0.912.